The highest BCUT2D eigenvalue weighted by Gasteiger charge is 2.12. The highest BCUT2D eigenvalue weighted by molar-refractivity contribution is 6.08. The fraction of sp³-hybridized carbons (Fsp3) is 0.120. The Labute approximate surface area is 175 Å². The Morgan fingerprint density at radius 1 is 0.800 bits per heavy atom. The molecule has 0 unspecified atom stereocenters. The first kappa shape index (κ1) is 20.9. The summed E-state index contributed by atoms with van der Waals surface area (Å²) in [7, 11) is 3.05. The number of rotatable bonds is 7. The van der Waals surface area contributed by atoms with Crippen LogP contribution in [0.5, 0.6) is 17.2 Å². The van der Waals surface area contributed by atoms with Gasteiger partial charge in [-0.1, -0.05) is 36.4 Å². The van der Waals surface area contributed by atoms with Gasteiger partial charge in [-0.25, -0.2) is 4.79 Å². The molecule has 152 valence electrons. The lowest BCUT2D eigenvalue weighted by Crippen LogP contribution is -2.10. The van der Waals surface area contributed by atoms with Gasteiger partial charge in [0.2, 0.25) is 0 Å². The van der Waals surface area contributed by atoms with Crippen molar-refractivity contribution >= 4 is 17.8 Å². The lowest BCUT2D eigenvalue weighted by Gasteiger charge is -2.08. The third kappa shape index (κ3) is 4.94. The van der Waals surface area contributed by atoms with Crippen LogP contribution >= 0.6 is 0 Å². The maximum absolute atomic E-state index is 12.6. The lowest BCUT2D eigenvalue weighted by molar-refractivity contribution is 0.0733. The van der Waals surface area contributed by atoms with Crippen molar-refractivity contribution in [1.82, 2.24) is 0 Å². The largest absolute Gasteiger partial charge is 0.497 e. The summed E-state index contributed by atoms with van der Waals surface area (Å²) in [5.74, 6) is 0.811. The summed E-state index contributed by atoms with van der Waals surface area (Å²) in [5, 5.41) is 0. The molecule has 0 saturated carbocycles. The number of ketones is 1. The molecule has 0 radical (unpaired) electrons. The molecule has 0 bridgehead atoms. The molecule has 0 aromatic heterocycles. The average Bonchev–Trinajstić information content (AvgIpc) is 2.77. The van der Waals surface area contributed by atoms with Crippen molar-refractivity contribution in [3.63, 3.8) is 0 Å². The molecule has 0 N–H and O–H groups in total. The predicted molar refractivity (Wildman–Crippen MR) is 115 cm³/mol. The molecule has 5 nitrogen and oxygen atoms in total. The van der Waals surface area contributed by atoms with Gasteiger partial charge in [0.1, 0.15) is 17.2 Å². The molecular formula is C25H22O5. The molecule has 0 aliphatic carbocycles. The van der Waals surface area contributed by atoms with Gasteiger partial charge in [-0.15, -0.1) is 0 Å². The van der Waals surface area contributed by atoms with Gasteiger partial charge < -0.3 is 14.2 Å². The Morgan fingerprint density at radius 3 is 2.33 bits per heavy atom. The Morgan fingerprint density at radius 2 is 1.60 bits per heavy atom. The molecule has 3 rings (SSSR count). The smallest absolute Gasteiger partial charge is 0.343 e. The van der Waals surface area contributed by atoms with Gasteiger partial charge in [-0.3, -0.25) is 4.79 Å². The molecule has 3 aromatic rings. The molecule has 0 saturated heterocycles. The zero-order valence-electron chi connectivity index (χ0n) is 17.0. The van der Waals surface area contributed by atoms with Crippen LogP contribution in [0.1, 0.15) is 31.8 Å². The Hall–Kier alpha value is -3.86. The normalized spacial score (nSPS) is 10.6. The van der Waals surface area contributed by atoms with Gasteiger partial charge in [0.15, 0.2) is 5.78 Å². The molecule has 0 spiro atoms. The van der Waals surface area contributed by atoms with E-state index < -0.39 is 5.97 Å². The molecule has 0 atom stereocenters. The van der Waals surface area contributed by atoms with Crippen molar-refractivity contribution in [2.75, 3.05) is 14.2 Å². The second-order valence-electron chi connectivity index (χ2n) is 6.54. The second-order valence-corrected chi connectivity index (χ2v) is 6.54. The minimum atomic E-state index is -0.423. The quantitative estimate of drug-likeness (QED) is 0.237. The first-order valence-electron chi connectivity index (χ1n) is 9.34. The predicted octanol–water partition coefficient (Wildman–Crippen LogP) is 5.13. The van der Waals surface area contributed by atoms with E-state index in [4.69, 9.17) is 14.2 Å². The van der Waals surface area contributed by atoms with Crippen LogP contribution in [0.2, 0.25) is 0 Å². The van der Waals surface area contributed by atoms with Gasteiger partial charge in [-0.2, -0.15) is 0 Å². The van der Waals surface area contributed by atoms with E-state index in [0.29, 0.717) is 28.4 Å². The van der Waals surface area contributed by atoms with Crippen molar-refractivity contribution < 1.29 is 23.8 Å². The molecule has 0 fully saturated rings. The molecule has 30 heavy (non-hydrogen) atoms. The standard InChI is InChI=1S/C25H22O5/c1-17-7-4-5-10-21(17)25(27)30-20-9-6-8-18(15-20)11-14-23(26)22-13-12-19(28-2)16-24(22)29-3/h4-16H,1-3H3. The van der Waals surface area contributed by atoms with E-state index in [0.717, 1.165) is 11.1 Å². The van der Waals surface area contributed by atoms with E-state index in [1.54, 1.807) is 61.7 Å². The fourth-order valence-electron chi connectivity index (χ4n) is 2.91. The highest BCUT2D eigenvalue weighted by Crippen LogP contribution is 2.25. The maximum atomic E-state index is 12.6. The SMILES string of the molecule is COc1ccc(C(=O)C=Cc2cccc(OC(=O)c3ccccc3C)c2)c(OC)c1. The monoisotopic (exact) mass is 402 g/mol. The number of carbonyl (C=O) groups is 2. The number of esters is 1. The van der Waals surface area contributed by atoms with Crippen molar-refractivity contribution in [2.45, 2.75) is 6.92 Å². The average molecular weight is 402 g/mol. The van der Waals surface area contributed by atoms with E-state index >= 15 is 0 Å². The van der Waals surface area contributed by atoms with Crippen molar-refractivity contribution in [3.05, 3.63) is 95.1 Å². The second kappa shape index (κ2) is 9.56. The molecule has 3 aromatic carbocycles. The van der Waals surface area contributed by atoms with Gasteiger partial charge in [0, 0.05) is 6.07 Å². The maximum Gasteiger partial charge on any atom is 0.343 e. The number of hydrogen-bond donors (Lipinski definition) is 0. The molecule has 0 heterocycles. The van der Waals surface area contributed by atoms with Crippen LogP contribution in [-0.4, -0.2) is 26.0 Å². The zero-order valence-corrected chi connectivity index (χ0v) is 17.0. The van der Waals surface area contributed by atoms with Crippen LogP contribution < -0.4 is 14.2 Å². The van der Waals surface area contributed by atoms with Crippen molar-refractivity contribution in [3.8, 4) is 17.2 Å². The number of aryl methyl sites for hydroxylation is 1. The van der Waals surface area contributed by atoms with Crippen LogP contribution in [0.4, 0.5) is 0 Å². The van der Waals surface area contributed by atoms with Crippen LogP contribution in [-0.2, 0) is 0 Å². The van der Waals surface area contributed by atoms with E-state index in [1.165, 1.54) is 13.2 Å². The minimum Gasteiger partial charge on any atom is -0.497 e. The van der Waals surface area contributed by atoms with Crippen molar-refractivity contribution in [1.29, 1.82) is 0 Å². The molecule has 5 heteroatoms. The van der Waals surface area contributed by atoms with Gasteiger partial charge in [-0.05, 0) is 54.5 Å². The molecular weight excluding hydrogens is 380 g/mol. The van der Waals surface area contributed by atoms with E-state index in [1.807, 2.05) is 25.1 Å². The van der Waals surface area contributed by atoms with Crippen LogP contribution in [0.3, 0.4) is 0 Å². The number of hydrogen-bond acceptors (Lipinski definition) is 5. The summed E-state index contributed by atoms with van der Waals surface area (Å²) in [5.41, 5.74) is 2.51. The fourth-order valence-corrected chi connectivity index (χ4v) is 2.91. The molecule has 0 aliphatic heterocycles. The topological polar surface area (TPSA) is 61.8 Å². The molecule has 0 aliphatic rings. The summed E-state index contributed by atoms with van der Waals surface area (Å²) in [4.78, 5) is 25.0. The van der Waals surface area contributed by atoms with Crippen LogP contribution in [0.25, 0.3) is 6.08 Å². The Kier molecular flexibility index (Phi) is 6.65. The number of carbonyl (C=O) groups excluding carboxylic acids is 2. The van der Waals surface area contributed by atoms with Crippen LogP contribution in [0.15, 0.2) is 72.8 Å². The van der Waals surface area contributed by atoms with E-state index in [9.17, 15) is 9.59 Å². The van der Waals surface area contributed by atoms with E-state index in [2.05, 4.69) is 0 Å². The van der Waals surface area contributed by atoms with E-state index in [-0.39, 0.29) is 5.78 Å². The lowest BCUT2D eigenvalue weighted by atomic mass is 10.1. The Balaban J connectivity index is 1.75. The third-order valence-electron chi connectivity index (χ3n) is 4.53. The number of allylic oxidation sites excluding steroid dienone is 1. The summed E-state index contributed by atoms with van der Waals surface area (Å²) < 4.78 is 15.9. The molecule has 0 amide bonds. The highest BCUT2D eigenvalue weighted by atomic mass is 16.5. The van der Waals surface area contributed by atoms with Gasteiger partial charge >= 0.3 is 5.97 Å². The summed E-state index contributed by atoms with van der Waals surface area (Å²) in [6, 6.07) is 19.2. The van der Waals surface area contributed by atoms with Crippen molar-refractivity contribution in [2.24, 2.45) is 0 Å². The minimum absolute atomic E-state index is 0.211. The van der Waals surface area contributed by atoms with Crippen LogP contribution in [0, 0.1) is 6.92 Å². The Bertz CT molecular complexity index is 1100. The summed E-state index contributed by atoms with van der Waals surface area (Å²) in [6.45, 7) is 1.86. The number of methoxy groups -OCH3 is 2. The summed E-state index contributed by atoms with van der Waals surface area (Å²) in [6.07, 6.45) is 3.11. The zero-order chi connectivity index (χ0) is 21.5. The summed E-state index contributed by atoms with van der Waals surface area (Å²) >= 11 is 0. The van der Waals surface area contributed by atoms with Gasteiger partial charge in [0.25, 0.3) is 0 Å². The number of ether oxygens (including phenoxy) is 3. The number of benzene rings is 3. The third-order valence-corrected chi connectivity index (χ3v) is 4.53. The first-order chi connectivity index (χ1) is 14.5. The first-order valence-corrected chi connectivity index (χ1v) is 9.34. The van der Waals surface area contributed by atoms with Gasteiger partial charge in [0.05, 0.1) is 25.3 Å².